The molecule has 1 atom stereocenters. The molecule has 144 valence electrons. The van der Waals surface area contributed by atoms with E-state index >= 15 is 0 Å². The highest BCUT2D eigenvalue weighted by molar-refractivity contribution is 5.89. The number of H-pyrrole nitrogens is 1. The number of aromatic amines is 1. The molecule has 3 aromatic rings. The quantitative estimate of drug-likeness (QED) is 0.711. The molecule has 1 unspecified atom stereocenters. The number of hydrogen-bond donors (Lipinski definition) is 2. The molecule has 1 aliphatic rings. The van der Waals surface area contributed by atoms with Crippen LogP contribution < -0.4 is 0 Å². The highest BCUT2D eigenvalue weighted by Gasteiger charge is 2.26. The Kier molecular flexibility index (Phi) is 5.10. The van der Waals surface area contributed by atoms with E-state index in [1.807, 2.05) is 23.2 Å². The van der Waals surface area contributed by atoms with Crippen molar-refractivity contribution in [2.75, 3.05) is 13.1 Å². The maximum absolute atomic E-state index is 12.8. The van der Waals surface area contributed by atoms with Crippen LogP contribution in [0.3, 0.4) is 0 Å². The molecule has 0 spiro atoms. The largest absolute Gasteiger partial charge is 0.478 e. The molecule has 28 heavy (non-hydrogen) atoms. The fourth-order valence-corrected chi connectivity index (χ4v) is 4.12. The number of nitrogens with one attached hydrogen (secondary N) is 1. The molecule has 0 bridgehead atoms. The molecule has 0 radical (unpaired) electrons. The molecule has 0 saturated carbocycles. The Bertz CT molecular complexity index is 1010. The Morgan fingerprint density at radius 1 is 1.21 bits per heavy atom. The van der Waals surface area contributed by atoms with Crippen molar-refractivity contribution in [2.24, 2.45) is 0 Å². The van der Waals surface area contributed by atoms with E-state index in [0.29, 0.717) is 30.9 Å². The second kappa shape index (κ2) is 7.84. The van der Waals surface area contributed by atoms with Gasteiger partial charge in [0, 0.05) is 43.2 Å². The topological polar surface area (TPSA) is 86.3 Å². The average Bonchev–Trinajstić information content (AvgIpc) is 3.16. The molecule has 2 N–H and O–H groups in total. The van der Waals surface area contributed by atoms with Gasteiger partial charge in [0.05, 0.1) is 5.56 Å². The SMILES string of the molecule is O=C(O)c1ccccc1CCC(=O)N1CCCC(c2c[nH]c3ncccc23)C1. The molecule has 6 nitrogen and oxygen atoms in total. The van der Waals surface area contributed by atoms with Crippen molar-refractivity contribution in [3.63, 3.8) is 0 Å². The fraction of sp³-hybridized carbons (Fsp3) is 0.318. The predicted molar refractivity (Wildman–Crippen MR) is 106 cm³/mol. The molecular weight excluding hydrogens is 354 g/mol. The van der Waals surface area contributed by atoms with Gasteiger partial charge in [0.1, 0.15) is 5.65 Å². The van der Waals surface area contributed by atoms with Gasteiger partial charge in [-0.2, -0.15) is 0 Å². The number of benzene rings is 1. The summed E-state index contributed by atoms with van der Waals surface area (Å²) in [4.78, 5) is 33.6. The summed E-state index contributed by atoms with van der Waals surface area (Å²) in [6.07, 6.45) is 6.57. The number of aromatic nitrogens is 2. The third-order valence-corrected chi connectivity index (χ3v) is 5.55. The zero-order valence-corrected chi connectivity index (χ0v) is 15.6. The first kappa shape index (κ1) is 18.2. The van der Waals surface area contributed by atoms with Crippen molar-refractivity contribution >= 4 is 22.9 Å². The zero-order chi connectivity index (χ0) is 19.5. The van der Waals surface area contributed by atoms with Crippen molar-refractivity contribution < 1.29 is 14.7 Å². The van der Waals surface area contributed by atoms with Gasteiger partial charge in [-0.1, -0.05) is 18.2 Å². The number of aromatic carboxylic acids is 1. The summed E-state index contributed by atoms with van der Waals surface area (Å²) in [5, 5.41) is 10.4. The van der Waals surface area contributed by atoms with Crippen LogP contribution in [0.15, 0.2) is 48.8 Å². The van der Waals surface area contributed by atoms with Crippen molar-refractivity contribution in [1.29, 1.82) is 0 Å². The van der Waals surface area contributed by atoms with Gasteiger partial charge in [0.25, 0.3) is 0 Å². The number of pyridine rings is 1. The van der Waals surface area contributed by atoms with E-state index in [2.05, 4.69) is 16.0 Å². The van der Waals surface area contributed by atoms with Crippen LogP contribution in [0.25, 0.3) is 11.0 Å². The average molecular weight is 377 g/mol. The number of rotatable bonds is 5. The molecule has 4 rings (SSSR count). The lowest BCUT2D eigenvalue weighted by Crippen LogP contribution is -2.39. The summed E-state index contributed by atoms with van der Waals surface area (Å²) in [6, 6.07) is 10.9. The van der Waals surface area contributed by atoms with Crippen LogP contribution in [0.1, 0.15) is 46.7 Å². The Hall–Kier alpha value is -3.15. The third-order valence-electron chi connectivity index (χ3n) is 5.55. The standard InChI is InChI=1S/C22H23N3O3/c26-20(10-9-15-5-1-2-7-17(15)22(27)28)25-12-4-6-16(14-25)19-13-24-21-18(19)8-3-11-23-21/h1-3,5,7-8,11,13,16H,4,6,9-10,12,14H2,(H,23,24)(H,27,28). The summed E-state index contributed by atoms with van der Waals surface area (Å²) in [5.41, 5.74) is 3.08. The van der Waals surface area contributed by atoms with Gasteiger partial charge in [0.2, 0.25) is 5.91 Å². The van der Waals surface area contributed by atoms with Crippen LogP contribution in [0, 0.1) is 0 Å². The Morgan fingerprint density at radius 2 is 2.07 bits per heavy atom. The second-order valence-corrected chi connectivity index (χ2v) is 7.28. The normalized spacial score (nSPS) is 17.0. The summed E-state index contributed by atoms with van der Waals surface area (Å²) < 4.78 is 0. The van der Waals surface area contributed by atoms with Gasteiger partial charge >= 0.3 is 5.97 Å². The molecule has 1 saturated heterocycles. The molecule has 6 heteroatoms. The maximum atomic E-state index is 12.8. The Morgan fingerprint density at radius 3 is 2.93 bits per heavy atom. The first-order chi connectivity index (χ1) is 13.6. The summed E-state index contributed by atoms with van der Waals surface area (Å²) in [6.45, 7) is 1.46. The van der Waals surface area contributed by atoms with Gasteiger partial charge in [-0.3, -0.25) is 4.79 Å². The van der Waals surface area contributed by atoms with Crippen LogP contribution in [-0.4, -0.2) is 44.9 Å². The number of fused-ring (bicyclic) bond motifs is 1. The van der Waals surface area contributed by atoms with Crippen molar-refractivity contribution in [3.05, 3.63) is 65.5 Å². The number of piperidine rings is 1. The molecule has 2 aromatic heterocycles. The van der Waals surface area contributed by atoms with E-state index in [1.54, 1.807) is 24.4 Å². The van der Waals surface area contributed by atoms with E-state index in [9.17, 15) is 14.7 Å². The number of likely N-dealkylation sites (tertiary alicyclic amines) is 1. The minimum atomic E-state index is -0.950. The van der Waals surface area contributed by atoms with E-state index in [1.165, 1.54) is 5.56 Å². The molecule has 0 aliphatic carbocycles. The van der Waals surface area contributed by atoms with E-state index in [0.717, 1.165) is 30.4 Å². The Balaban J connectivity index is 1.43. The van der Waals surface area contributed by atoms with Crippen molar-refractivity contribution in [1.82, 2.24) is 14.9 Å². The van der Waals surface area contributed by atoms with Crippen molar-refractivity contribution in [3.8, 4) is 0 Å². The van der Waals surface area contributed by atoms with E-state index < -0.39 is 5.97 Å². The number of aryl methyl sites for hydroxylation is 1. The lowest BCUT2D eigenvalue weighted by molar-refractivity contribution is -0.132. The number of carbonyl (C=O) groups is 2. The molecular formula is C22H23N3O3. The number of carboxylic acids is 1. The summed E-state index contributed by atoms with van der Waals surface area (Å²) in [7, 11) is 0. The highest BCUT2D eigenvalue weighted by Crippen LogP contribution is 2.31. The third kappa shape index (κ3) is 3.63. The van der Waals surface area contributed by atoms with E-state index in [-0.39, 0.29) is 11.5 Å². The van der Waals surface area contributed by atoms with Crippen LogP contribution in [0.4, 0.5) is 0 Å². The molecule has 1 aromatic carbocycles. The minimum Gasteiger partial charge on any atom is -0.478 e. The number of carbonyl (C=O) groups excluding carboxylic acids is 1. The molecule has 1 amide bonds. The lowest BCUT2D eigenvalue weighted by Gasteiger charge is -2.33. The van der Waals surface area contributed by atoms with Crippen LogP contribution in [0.2, 0.25) is 0 Å². The molecule has 3 heterocycles. The smallest absolute Gasteiger partial charge is 0.335 e. The van der Waals surface area contributed by atoms with Crippen LogP contribution in [0.5, 0.6) is 0 Å². The maximum Gasteiger partial charge on any atom is 0.335 e. The van der Waals surface area contributed by atoms with Gasteiger partial charge < -0.3 is 15.0 Å². The monoisotopic (exact) mass is 377 g/mol. The van der Waals surface area contributed by atoms with E-state index in [4.69, 9.17) is 0 Å². The Labute approximate surface area is 163 Å². The minimum absolute atomic E-state index is 0.0860. The zero-order valence-electron chi connectivity index (χ0n) is 15.6. The summed E-state index contributed by atoms with van der Waals surface area (Å²) >= 11 is 0. The molecule has 1 aliphatic heterocycles. The number of carboxylic acid groups (broad SMARTS) is 1. The number of amides is 1. The number of nitrogens with zero attached hydrogens (tertiary/aromatic N) is 2. The molecule has 1 fully saturated rings. The fourth-order valence-electron chi connectivity index (χ4n) is 4.12. The van der Waals surface area contributed by atoms with Gasteiger partial charge in [-0.15, -0.1) is 0 Å². The number of hydrogen-bond acceptors (Lipinski definition) is 3. The van der Waals surface area contributed by atoms with Gasteiger partial charge in [0.15, 0.2) is 0 Å². The van der Waals surface area contributed by atoms with Gasteiger partial charge in [-0.05, 0) is 48.6 Å². The lowest BCUT2D eigenvalue weighted by atomic mass is 9.90. The highest BCUT2D eigenvalue weighted by atomic mass is 16.4. The predicted octanol–water partition coefficient (Wildman–Crippen LogP) is 3.60. The van der Waals surface area contributed by atoms with Crippen LogP contribution in [-0.2, 0) is 11.2 Å². The van der Waals surface area contributed by atoms with Crippen molar-refractivity contribution in [2.45, 2.75) is 31.6 Å². The van der Waals surface area contributed by atoms with Gasteiger partial charge in [-0.25, -0.2) is 9.78 Å². The first-order valence-electron chi connectivity index (χ1n) is 9.64. The van der Waals surface area contributed by atoms with Crippen LogP contribution >= 0.6 is 0 Å². The first-order valence-corrected chi connectivity index (χ1v) is 9.64. The summed E-state index contributed by atoms with van der Waals surface area (Å²) in [5.74, 6) is -0.571. The second-order valence-electron chi connectivity index (χ2n) is 7.28.